The second-order valence-electron chi connectivity index (χ2n) is 9.73. The maximum atomic E-state index is 6.16. The van der Waals surface area contributed by atoms with Crippen LogP contribution in [-0.2, 0) is 4.74 Å². The van der Waals surface area contributed by atoms with Gasteiger partial charge in [0.25, 0.3) is 0 Å². The molecule has 2 aliphatic rings. The Bertz CT molecular complexity index is 359. The molecule has 2 rings (SSSR count). The molecule has 1 saturated carbocycles. The number of piperidine rings is 1. The summed E-state index contributed by atoms with van der Waals surface area (Å²) < 4.78 is 6.16. The van der Waals surface area contributed by atoms with Crippen molar-refractivity contribution in [2.24, 2.45) is 17.8 Å². The third-order valence-electron chi connectivity index (χ3n) is 6.55. The third kappa shape index (κ3) is 7.86. The lowest BCUT2D eigenvalue weighted by molar-refractivity contribution is -0.0521. The summed E-state index contributed by atoms with van der Waals surface area (Å²) in [5, 5.41) is 0. The van der Waals surface area contributed by atoms with Gasteiger partial charge in [-0.2, -0.15) is 0 Å². The minimum Gasteiger partial charge on any atom is -0.378 e. The molecule has 1 aliphatic heterocycles. The topological polar surface area (TPSA) is 15.7 Å². The van der Waals surface area contributed by atoms with E-state index in [0.29, 0.717) is 6.10 Å². The Hall–Kier alpha value is -0.120. The Labute approximate surface area is 163 Å². The molecule has 0 bridgehead atoms. The second kappa shape index (κ2) is 11.7. The Balaban J connectivity index is 1.48. The number of hydrogen-bond donors (Lipinski definition) is 0. The molecule has 0 aromatic carbocycles. The van der Waals surface area contributed by atoms with Crippen LogP contribution in [0, 0.1) is 17.8 Å². The molecule has 154 valence electrons. The molecule has 0 radical (unpaired) electrons. The fourth-order valence-electron chi connectivity index (χ4n) is 4.70. The van der Waals surface area contributed by atoms with Crippen molar-refractivity contribution in [3.63, 3.8) is 0 Å². The van der Waals surface area contributed by atoms with E-state index in [0.717, 1.165) is 30.4 Å². The number of unbranched alkanes of at least 4 members (excludes halogenated alkanes) is 1. The van der Waals surface area contributed by atoms with Gasteiger partial charge in [0.1, 0.15) is 0 Å². The van der Waals surface area contributed by atoms with E-state index >= 15 is 0 Å². The van der Waals surface area contributed by atoms with Crippen molar-refractivity contribution in [2.45, 2.75) is 91.2 Å². The van der Waals surface area contributed by atoms with Gasteiger partial charge in [-0.15, -0.1) is 0 Å². The molecule has 0 aromatic rings. The van der Waals surface area contributed by atoms with Crippen LogP contribution in [-0.4, -0.2) is 61.8 Å². The van der Waals surface area contributed by atoms with Gasteiger partial charge in [-0.1, -0.05) is 40.5 Å². The molecule has 1 aliphatic carbocycles. The van der Waals surface area contributed by atoms with Crippen LogP contribution in [0.1, 0.15) is 79.1 Å². The van der Waals surface area contributed by atoms with Gasteiger partial charge in [-0.05, 0) is 76.4 Å². The van der Waals surface area contributed by atoms with Crippen LogP contribution in [0.4, 0.5) is 0 Å². The summed E-state index contributed by atoms with van der Waals surface area (Å²) >= 11 is 0. The molecule has 3 nitrogen and oxygen atoms in total. The Morgan fingerprint density at radius 1 is 1.12 bits per heavy atom. The van der Waals surface area contributed by atoms with E-state index < -0.39 is 0 Å². The lowest BCUT2D eigenvalue weighted by Gasteiger charge is -2.42. The average molecular weight is 367 g/mol. The number of likely N-dealkylation sites (tertiary alicyclic amines) is 1. The predicted octanol–water partition coefficient (Wildman–Crippen LogP) is 5.05. The first-order valence-corrected chi connectivity index (χ1v) is 11.5. The predicted molar refractivity (Wildman–Crippen MR) is 113 cm³/mol. The van der Waals surface area contributed by atoms with Gasteiger partial charge in [0.2, 0.25) is 0 Å². The fourth-order valence-corrected chi connectivity index (χ4v) is 4.70. The molecule has 2 fully saturated rings. The number of hydrogen-bond acceptors (Lipinski definition) is 3. The first-order chi connectivity index (χ1) is 12.5. The maximum absolute atomic E-state index is 6.16. The van der Waals surface area contributed by atoms with Crippen molar-refractivity contribution in [1.82, 2.24) is 9.80 Å². The molecule has 1 heterocycles. The van der Waals surface area contributed by atoms with E-state index in [1.807, 2.05) is 0 Å². The SMILES string of the molecule is CCCCC(C)CN1CCC(CCOC2CC(N(C)CC(C)C)C2)CC1. The van der Waals surface area contributed by atoms with Gasteiger partial charge in [-0.3, -0.25) is 0 Å². The van der Waals surface area contributed by atoms with Gasteiger partial charge in [0.05, 0.1) is 6.10 Å². The van der Waals surface area contributed by atoms with Crippen molar-refractivity contribution < 1.29 is 4.74 Å². The number of ether oxygens (including phenoxy) is 1. The average Bonchev–Trinajstić information content (AvgIpc) is 2.55. The molecule has 26 heavy (non-hydrogen) atoms. The van der Waals surface area contributed by atoms with Crippen LogP contribution < -0.4 is 0 Å². The zero-order valence-corrected chi connectivity index (χ0v) is 18.4. The van der Waals surface area contributed by atoms with Crippen LogP contribution in [0.25, 0.3) is 0 Å². The fraction of sp³-hybridized carbons (Fsp3) is 1.00. The summed E-state index contributed by atoms with van der Waals surface area (Å²) in [4.78, 5) is 5.24. The molecule has 3 heteroatoms. The van der Waals surface area contributed by atoms with Crippen molar-refractivity contribution in [2.75, 3.05) is 39.8 Å². The van der Waals surface area contributed by atoms with Crippen molar-refractivity contribution >= 4 is 0 Å². The zero-order valence-electron chi connectivity index (χ0n) is 18.4. The lowest BCUT2D eigenvalue weighted by atomic mass is 9.87. The second-order valence-corrected chi connectivity index (χ2v) is 9.73. The summed E-state index contributed by atoms with van der Waals surface area (Å²) in [5.74, 6) is 2.53. The van der Waals surface area contributed by atoms with Crippen molar-refractivity contribution in [3.05, 3.63) is 0 Å². The molecule has 1 atom stereocenters. The van der Waals surface area contributed by atoms with E-state index in [9.17, 15) is 0 Å². The largest absolute Gasteiger partial charge is 0.378 e. The normalized spacial score (nSPS) is 26.4. The van der Waals surface area contributed by atoms with E-state index in [-0.39, 0.29) is 0 Å². The first-order valence-electron chi connectivity index (χ1n) is 11.5. The number of nitrogens with zero attached hydrogens (tertiary/aromatic N) is 2. The van der Waals surface area contributed by atoms with Gasteiger partial charge in [0, 0.05) is 25.7 Å². The van der Waals surface area contributed by atoms with Crippen molar-refractivity contribution in [1.29, 1.82) is 0 Å². The van der Waals surface area contributed by atoms with Crippen LogP contribution in [0.15, 0.2) is 0 Å². The monoisotopic (exact) mass is 366 g/mol. The molecular weight excluding hydrogens is 320 g/mol. The highest BCUT2D eigenvalue weighted by atomic mass is 16.5. The molecule has 0 spiro atoms. The maximum Gasteiger partial charge on any atom is 0.0605 e. The zero-order chi connectivity index (χ0) is 18.9. The Kier molecular flexibility index (Phi) is 9.94. The van der Waals surface area contributed by atoms with Crippen LogP contribution in [0.5, 0.6) is 0 Å². The smallest absolute Gasteiger partial charge is 0.0605 e. The summed E-state index contributed by atoms with van der Waals surface area (Å²) in [5.41, 5.74) is 0. The molecular formula is C23H46N2O. The highest BCUT2D eigenvalue weighted by Crippen LogP contribution is 2.29. The number of rotatable bonds is 12. The Morgan fingerprint density at radius 2 is 1.81 bits per heavy atom. The first kappa shape index (κ1) is 22.2. The van der Waals surface area contributed by atoms with Gasteiger partial charge < -0.3 is 14.5 Å². The van der Waals surface area contributed by atoms with E-state index in [4.69, 9.17) is 4.74 Å². The highest BCUT2D eigenvalue weighted by Gasteiger charge is 2.33. The van der Waals surface area contributed by atoms with Gasteiger partial charge >= 0.3 is 0 Å². The van der Waals surface area contributed by atoms with Gasteiger partial charge in [0.15, 0.2) is 0 Å². The van der Waals surface area contributed by atoms with Gasteiger partial charge in [-0.25, -0.2) is 0 Å². The minimum absolute atomic E-state index is 0.536. The Morgan fingerprint density at radius 3 is 2.42 bits per heavy atom. The van der Waals surface area contributed by atoms with Crippen LogP contribution in [0.2, 0.25) is 0 Å². The molecule has 0 N–H and O–H groups in total. The summed E-state index contributed by atoms with van der Waals surface area (Å²) in [7, 11) is 2.28. The quantitative estimate of drug-likeness (QED) is 0.481. The van der Waals surface area contributed by atoms with E-state index in [2.05, 4.69) is 44.5 Å². The highest BCUT2D eigenvalue weighted by molar-refractivity contribution is 4.87. The third-order valence-corrected chi connectivity index (χ3v) is 6.55. The van der Waals surface area contributed by atoms with Crippen LogP contribution >= 0.6 is 0 Å². The molecule has 1 unspecified atom stereocenters. The summed E-state index contributed by atoms with van der Waals surface area (Å²) in [6.07, 6.45) is 11.2. The molecule has 0 aromatic heterocycles. The summed E-state index contributed by atoms with van der Waals surface area (Å²) in [6.45, 7) is 15.5. The lowest BCUT2D eigenvalue weighted by Crippen LogP contribution is -2.47. The van der Waals surface area contributed by atoms with Crippen LogP contribution in [0.3, 0.4) is 0 Å². The molecule has 1 saturated heterocycles. The van der Waals surface area contributed by atoms with E-state index in [1.54, 1.807) is 0 Å². The summed E-state index contributed by atoms with van der Waals surface area (Å²) in [6, 6.07) is 0.764. The standard InChI is InChI=1S/C23H46N2O/c1-6-7-8-20(4)18-25-12-9-21(10-13-25)11-14-26-23-15-22(16-23)24(5)17-19(2)3/h19-23H,6-18H2,1-5H3. The van der Waals surface area contributed by atoms with Crippen molar-refractivity contribution in [3.8, 4) is 0 Å². The molecule has 0 amide bonds. The minimum atomic E-state index is 0.536. The van der Waals surface area contributed by atoms with E-state index in [1.165, 1.54) is 77.5 Å².